The number of rotatable bonds is 4. The molecule has 0 aliphatic heterocycles. The van der Waals surface area contributed by atoms with Gasteiger partial charge in [0.15, 0.2) is 0 Å². The second-order valence-electron chi connectivity index (χ2n) is 4.33. The molecule has 0 amide bonds. The topological polar surface area (TPSA) is 109 Å². The van der Waals surface area contributed by atoms with E-state index in [4.69, 9.17) is 17.3 Å². The van der Waals surface area contributed by atoms with Crippen LogP contribution in [-0.2, 0) is 16.6 Å². The molecular formula is C12H13ClN4O3S. The van der Waals surface area contributed by atoms with Crippen LogP contribution in [0.4, 0.5) is 5.82 Å². The van der Waals surface area contributed by atoms with Crippen molar-refractivity contribution in [3.05, 3.63) is 51.5 Å². The minimum atomic E-state index is -3.71. The van der Waals surface area contributed by atoms with Crippen LogP contribution in [0.5, 0.6) is 0 Å². The molecule has 7 nitrogen and oxygen atoms in total. The van der Waals surface area contributed by atoms with Crippen LogP contribution in [-0.4, -0.2) is 29.7 Å². The van der Waals surface area contributed by atoms with E-state index in [1.54, 1.807) is 0 Å². The molecule has 2 aromatic rings. The lowest BCUT2D eigenvalue weighted by atomic mass is 10.4. The first-order valence-electron chi connectivity index (χ1n) is 5.86. The molecule has 0 aliphatic rings. The van der Waals surface area contributed by atoms with Gasteiger partial charge in [-0.2, -0.15) is 4.31 Å². The lowest BCUT2D eigenvalue weighted by Crippen LogP contribution is -2.28. The molecule has 0 aliphatic carbocycles. The van der Waals surface area contributed by atoms with Crippen LogP contribution in [0.25, 0.3) is 0 Å². The van der Waals surface area contributed by atoms with Crippen LogP contribution in [0, 0.1) is 0 Å². The Morgan fingerprint density at radius 1 is 1.33 bits per heavy atom. The molecular weight excluding hydrogens is 316 g/mol. The van der Waals surface area contributed by atoms with Crippen molar-refractivity contribution in [2.24, 2.45) is 0 Å². The number of aromatic amines is 1. The Kier molecular flexibility index (Phi) is 4.31. The van der Waals surface area contributed by atoms with Crippen molar-refractivity contribution in [1.82, 2.24) is 14.3 Å². The maximum absolute atomic E-state index is 12.3. The van der Waals surface area contributed by atoms with Crippen LogP contribution < -0.4 is 11.3 Å². The first-order chi connectivity index (χ1) is 9.79. The molecule has 0 atom stereocenters. The zero-order valence-electron chi connectivity index (χ0n) is 11.1. The van der Waals surface area contributed by atoms with Crippen LogP contribution in [0.2, 0.25) is 5.02 Å². The Balaban J connectivity index is 2.28. The van der Waals surface area contributed by atoms with E-state index in [1.165, 1.54) is 31.3 Å². The van der Waals surface area contributed by atoms with Crippen LogP contribution in [0.15, 0.2) is 40.0 Å². The Hall–Kier alpha value is -1.90. The van der Waals surface area contributed by atoms with Gasteiger partial charge in [0.2, 0.25) is 10.0 Å². The number of aromatic nitrogens is 2. The summed E-state index contributed by atoms with van der Waals surface area (Å²) in [5.74, 6) is 0.200. The minimum absolute atomic E-state index is 0.0334. The number of benzene rings is 1. The highest BCUT2D eigenvalue weighted by Crippen LogP contribution is 2.18. The molecule has 1 aromatic carbocycles. The number of hydrogen-bond acceptors (Lipinski definition) is 5. The summed E-state index contributed by atoms with van der Waals surface area (Å²) in [5.41, 5.74) is 5.02. The van der Waals surface area contributed by atoms with Gasteiger partial charge in [-0.05, 0) is 24.3 Å². The van der Waals surface area contributed by atoms with Gasteiger partial charge in [0.1, 0.15) is 11.6 Å². The van der Waals surface area contributed by atoms with E-state index in [2.05, 4.69) is 9.97 Å². The summed E-state index contributed by atoms with van der Waals surface area (Å²) in [5, 5.41) is 0.443. The van der Waals surface area contributed by atoms with Gasteiger partial charge in [-0.1, -0.05) is 11.6 Å². The van der Waals surface area contributed by atoms with E-state index in [9.17, 15) is 13.2 Å². The molecule has 2 rings (SSSR count). The molecule has 9 heteroatoms. The van der Waals surface area contributed by atoms with Gasteiger partial charge in [0, 0.05) is 18.1 Å². The first-order valence-corrected chi connectivity index (χ1v) is 7.68. The van der Waals surface area contributed by atoms with E-state index in [-0.39, 0.29) is 23.1 Å². The molecule has 0 saturated carbocycles. The summed E-state index contributed by atoms with van der Waals surface area (Å²) in [6, 6.07) is 6.91. The number of sulfonamides is 1. The standard InChI is InChI=1S/C12H13ClN4O3S/c1-17(7-11-15-10(14)6-12(18)16-11)21(19,20)9-4-2-8(13)3-5-9/h2-6H,7H2,1H3,(H3,14,15,16,18). The van der Waals surface area contributed by atoms with Crippen LogP contribution in [0.1, 0.15) is 5.82 Å². The fourth-order valence-corrected chi connectivity index (χ4v) is 2.94. The van der Waals surface area contributed by atoms with Crippen LogP contribution >= 0.6 is 11.6 Å². The van der Waals surface area contributed by atoms with E-state index < -0.39 is 15.6 Å². The average Bonchev–Trinajstić information content (AvgIpc) is 2.37. The molecule has 0 fully saturated rings. The van der Waals surface area contributed by atoms with E-state index in [0.717, 1.165) is 10.4 Å². The van der Waals surface area contributed by atoms with Gasteiger partial charge >= 0.3 is 0 Å². The number of H-pyrrole nitrogens is 1. The third-order valence-corrected chi connectivity index (χ3v) is 4.77. The average molecular weight is 329 g/mol. The summed E-state index contributed by atoms with van der Waals surface area (Å²) in [4.78, 5) is 17.7. The number of nitrogens with two attached hydrogens (primary N) is 1. The van der Waals surface area contributed by atoms with Gasteiger partial charge in [-0.15, -0.1) is 0 Å². The zero-order valence-corrected chi connectivity index (χ0v) is 12.6. The second kappa shape index (κ2) is 5.84. The molecule has 0 radical (unpaired) electrons. The summed E-state index contributed by atoms with van der Waals surface area (Å²) in [6.45, 7) is -0.106. The fraction of sp³-hybridized carbons (Fsp3) is 0.167. The Labute approximate surface area is 126 Å². The summed E-state index contributed by atoms with van der Waals surface area (Å²) in [7, 11) is -2.33. The highest BCUT2D eigenvalue weighted by Gasteiger charge is 2.21. The molecule has 3 N–H and O–H groups in total. The molecule has 0 bridgehead atoms. The number of nitrogens with one attached hydrogen (secondary N) is 1. The van der Waals surface area contributed by atoms with E-state index in [0.29, 0.717) is 5.02 Å². The zero-order chi connectivity index (χ0) is 15.6. The van der Waals surface area contributed by atoms with Crippen molar-refractivity contribution in [2.75, 3.05) is 12.8 Å². The number of halogens is 1. The largest absolute Gasteiger partial charge is 0.383 e. The monoisotopic (exact) mass is 328 g/mol. The SMILES string of the molecule is CN(Cc1nc(N)cc(=O)[nH]1)S(=O)(=O)c1ccc(Cl)cc1. The van der Waals surface area contributed by atoms with Crippen molar-refractivity contribution in [3.63, 3.8) is 0 Å². The van der Waals surface area contributed by atoms with Crippen LogP contribution in [0.3, 0.4) is 0 Å². The maximum atomic E-state index is 12.3. The molecule has 112 valence electrons. The van der Waals surface area contributed by atoms with E-state index in [1.807, 2.05) is 0 Å². The predicted octanol–water partition coefficient (Wildman–Crippen LogP) is 0.826. The molecule has 0 spiro atoms. The lowest BCUT2D eigenvalue weighted by molar-refractivity contribution is 0.456. The Morgan fingerprint density at radius 2 is 1.95 bits per heavy atom. The van der Waals surface area contributed by atoms with E-state index >= 15 is 0 Å². The predicted molar refractivity (Wildman–Crippen MR) is 79.4 cm³/mol. The number of nitrogen functional groups attached to an aromatic ring is 1. The number of nitrogens with zero attached hydrogens (tertiary/aromatic N) is 2. The van der Waals surface area contributed by atoms with Gasteiger partial charge in [-0.3, -0.25) is 4.79 Å². The smallest absolute Gasteiger partial charge is 0.253 e. The number of hydrogen-bond donors (Lipinski definition) is 2. The normalized spacial score (nSPS) is 11.8. The fourth-order valence-electron chi connectivity index (χ4n) is 1.69. The quantitative estimate of drug-likeness (QED) is 0.863. The third kappa shape index (κ3) is 3.60. The Bertz CT molecular complexity index is 802. The first kappa shape index (κ1) is 15.5. The molecule has 1 heterocycles. The second-order valence-corrected chi connectivity index (χ2v) is 6.81. The van der Waals surface area contributed by atoms with Crippen molar-refractivity contribution in [3.8, 4) is 0 Å². The lowest BCUT2D eigenvalue weighted by Gasteiger charge is -2.16. The van der Waals surface area contributed by atoms with Gasteiger partial charge in [0.05, 0.1) is 11.4 Å². The summed E-state index contributed by atoms with van der Waals surface area (Å²) >= 11 is 5.73. The highest BCUT2D eigenvalue weighted by molar-refractivity contribution is 7.89. The summed E-state index contributed by atoms with van der Waals surface area (Å²) in [6.07, 6.45) is 0. The molecule has 0 saturated heterocycles. The molecule has 0 unspecified atom stereocenters. The van der Waals surface area contributed by atoms with Crippen molar-refractivity contribution >= 4 is 27.4 Å². The highest BCUT2D eigenvalue weighted by atomic mass is 35.5. The van der Waals surface area contributed by atoms with Gasteiger partial charge in [-0.25, -0.2) is 13.4 Å². The van der Waals surface area contributed by atoms with Crippen molar-refractivity contribution in [1.29, 1.82) is 0 Å². The van der Waals surface area contributed by atoms with Crippen molar-refractivity contribution in [2.45, 2.75) is 11.4 Å². The van der Waals surface area contributed by atoms with Gasteiger partial charge in [0.25, 0.3) is 5.56 Å². The Morgan fingerprint density at radius 3 is 2.52 bits per heavy atom. The molecule has 21 heavy (non-hydrogen) atoms. The summed E-state index contributed by atoms with van der Waals surface area (Å²) < 4.78 is 25.8. The maximum Gasteiger partial charge on any atom is 0.253 e. The van der Waals surface area contributed by atoms with Gasteiger partial charge < -0.3 is 10.7 Å². The van der Waals surface area contributed by atoms with Crippen molar-refractivity contribution < 1.29 is 8.42 Å². The molecule has 1 aromatic heterocycles. The third-order valence-electron chi connectivity index (χ3n) is 2.70. The number of anilines is 1. The minimum Gasteiger partial charge on any atom is -0.383 e.